The molecule has 0 saturated carbocycles. The Morgan fingerprint density at radius 2 is 2.15 bits per heavy atom. The van der Waals surface area contributed by atoms with Gasteiger partial charge in [0.2, 0.25) is 0 Å². The fraction of sp³-hybridized carbons (Fsp3) is 0.200. The van der Waals surface area contributed by atoms with E-state index in [1.807, 2.05) is 12.1 Å². The number of furan rings is 1. The molecule has 3 heterocycles. The van der Waals surface area contributed by atoms with Crippen LogP contribution in [-0.2, 0) is 6.42 Å². The Bertz CT molecular complexity index is 1070. The van der Waals surface area contributed by atoms with Gasteiger partial charge in [0.05, 0.1) is 12.3 Å². The van der Waals surface area contributed by atoms with Crippen LogP contribution in [0.15, 0.2) is 53.1 Å². The standard InChI is InChI=1S/C20H18N4O2/c25-20(17-11-16(23-24-17)18-9-4-10-26-18)22-15-8-3-6-13-12-5-1-2-7-14(12)21-19(13)15/h1-2,4-5,7,9-11,15,21H,3,6,8H2,(H,22,25)(H,23,24)/t15-/m0/s1. The number of amides is 1. The van der Waals surface area contributed by atoms with Gasteiger partial charge < -0.3 is 14.7 Å². The highest BCUT2D eigenvalue weighted by Gasteiger charge is 2.26. The molecule has 1 aliphatic rings. The number of carbonyl (C=O) groups excluding carboxylic acids is 1. The maximum absolute atomic E-state index is 12.7. The van der Waals surface area contributed by atoms with Crippen molar-refractivity contribution in [3.63, 3.8) is 0 Å². The zero-order valence-corrected chi connectivity index (χ0v) is 14.1. The Morgan fingerprint density at radius 1 is 1.23 bits per heavy atom. The van der Waals surface area contributed by atoms with E-state index >= 15 is 0 Å². The quantitative estimate of drug-likeness (QED) is 0.525. The lowest BCUT2D eigenvalue weighted by atomic mass is 9.91. The molecular weight excluding hydrogens is 328 g/mol. The topological polar surface area (TPSA) is 86.7 Å². The van der Waals surface area contributed by atoms with Crippen LogP contribution in [0, 0.1) is 0 Å². The SMILES string of the molecule is O=C(N[C@H]1CCCc2c1[nH]c1ccccc21)c1cc(-c2ccco2)[nH]n1. The zero-order valence-electron chi connectivity index (χ0n) is 14.1. The number of nitrogens with zero attached hydrogens (tertiary/aromatic N) is 1. The smallest absolute Gasteiger partial charge is 0.272 e. The van der Waals surface area contributed by atoms with Crippen LogP contribution in [0.4, 0.5) is 0 Å². The van der Waals surface area contributed by atoms with E-state index in [1.54, 1.807) is 18.4 Å². The van der Waals surface area contributed by atoms with E-state index in [2.05, 4.69) is 38.7 Å². The first-order chi connectivity index (χ1) is 12.8. The average molecular weight is 346 g/mol. The molecule has 1 aromatic carbocycles. The van der Waals surface area contributed by atoms with E-state index in [4.69, 9.17) is 4.42 Å². The monoisotopic (exact) mass is 346 g/mol. The van der Waals surface area contributed by atoms with E-state index < -0.39 is 0 Å². The number of fused-ring (bicyclic) bond motifs is 3. The van der Waals surface area contributed by atoms with Gasteiger partial charge in [-0.2, -0.15) is 5.10 Å². The highest BCUT2D eigenvalue weighted by Crippen LogP contribution is 2.34. The summed E-state index contributed by atoms with van der Waals surface area (Å²) in [7, 11) is 0. The first-order valence-electron chi connectivity index (χ1n) is 8.79. The minimum Gasteiger partial charge on any atom is -0.463 e. The molecule has 0 bridgehead atoms. The van der Waals surface area contributed by atoms with Gasteiger partial charge in [-0.15, -0.1) is 0 Å². The number of H-pyrrole nitrogens is 2. The van der Waals surface area contributed by atoms with Crippen molar-refractivity contribution < 1.29 is 9.21 Å². The second kappa shape index (κ2) is 5.91. The van der Waals surface area contributed by atoms with Crippen LogP contribution in [0.3, 0.4) is 0 Å². The fourth-order valence-corrected chi connectivity index (χ4v) is 3.79. The van der Waals surface area contributed by atoms with Crippen molar-refractivity contribution in [2.45, 2.75) is 25.3 Å². The lowest BCUT2D eigenvalue weighted by molar-refractivity contribution is 0.0927. The molecule has 0 radical (unpaired) electrons. The highest BCUT2D eigenvalue weighted by atomic mass is 16.3. The van der Waals surface area contributed by atoms with E-state index in [0.29, 0.717) is 17.1 Å². The molecule has 1 amide bonds. The number of aryl methyl sites for hydroxylation is 1. The summed E-state index contributed by atoms with van der Waals surface area (Å²) in [6.07, 6.45) is 4.60. The van der Waals surface area contributed by atoms with E-state index in [0.717, 1.165) is 30.5 Å². The molecule has 0 aliphatic heterocycles. The third-order valence-electron chi connectivity index (χ3n) is 5.02. The Hall–Kier alpha value is -3.28. The second-order valence-corrected chi connectivity index (χ2v) is 6.63. The van der Waals surface area contributed by atoms with Crippen LogP contribution in [0.2, 0.25) is 0 Å². The predicted octanol–water partition coefficient (Wildman–Crippen LogP) is 3.96. The number of hydrogen-bond acceptors (Lipinski definition) is 3. The molecule has 6 nitrogen and oxygen atoms in total. The van der Waals surface area contributed by atoms with Gasteiger partial charge in [-0.25, -0.2) is 0 Å². The van der Waals surface area contributed by atoms with Gasteiger partial charge in [-0.05, 0) is 43.0 Å². The molecule has 3 aromatic heterocycles. The van der Waals surface area contributed by atoms with Crippen molar-refractivity contribution in [3.05, 3.63) is 65.7 Å². The van der Waals surface area contributed by atoms with Gasteiger partial charge in [-0.3, -0.25) is 9.89 Å². The van der Waals surface area contributed by atoms with Crippen LogP contribution < -0.4 is 5.32 Å². The lowest BCUT2D eigenvalue weighted by Crippen LogP contribution is -2.31. The van der Waals surface area contributed by atoms with Crippen LogP contribution in [0.25, 0.3) is 22.4 Å². The maximum Gasteiger partial charge on any atom is 0.272 e. The number of rotatable bonds is 3. The van der Waals surface area contributed by atoms with Crippen LogP contribution in [0.1, 0.15) is 40.6 Å². The number of aromatic nitrogens is 3. The average Bonchev–Trinajstić information content (AvgIpc) is 3.40. The van der Waals surface area contributed by atoms with E-state index in [9.17, 15) is 4.79 Å². The zero-order chi connectivity index (χ0) is 17.5. The molecule has 3 N–H and O–H groups in total. The fourth-order valence-electron chi connectivity index (χ4n) is 3.79. The lowest BCUT2D eigenvalue weighted by Gasteiger charge is -2.23. The first-order valence-corrected chi connectivity index (χ1v) is 8.79. The molecule has 0 fully saturated rings. The van der Waals surface area contributed by atoms with E-state index in [-0.39, 0.29) is 11.9 Å². The summed E-state index contributed by atoms with van der Waals surface area (Å²) < 4.78 is 5.33. The third kappa shape index (κ3) is 2.42. The Kier molecular flexibility index (Phi) is 3.41. The Balaban J connectivity index is 1.41. The minimum atomic E-state index is -0.185. The summed E-state index contributed by atoms with van der Waals surface area (Å²) in [4.78, 5) is 16.2. The summed E-state index contributed by atoms with van der Waals surface area (Å²) in [6, 6.07) is 13.6. The molecule has 6 heteroatoms. The largest absolute Gasteiger partial charge is 0.463 e. The molecule has 26 heavy (non-hydrogen) atoms. The predicted molar refractivity (Wildman–Crippen MR) is 97.7 cm³/mol. The number of aromatic amines is 2. The highest BCUT2D eigenvalue weighted by molar-refractivity contribution is 5.94. The van der Waals surface area contributed by atoms with Crippen molar-refractivity contribution in [3.8, 4) is 11.5 Å². The van der Waals surface area contributed by atoms with Gasteiger partial charge >= 0.3 is 0 Å². The molecule has 5 rings (SSSR count). The number of carbonyl (C=O) groups is 1. The summed E-state index contributed by atoms with van der Waals surface area (Å²) in [5, 5.41) is 11.4. The number of hydrogen-bond donors (Lipinski definition) is 3. The second-order valence-electron chi connectivity index (χ2n) is 6.63. The molecule has 130 valence electrons. The van der Waals surface area contributed by atoms with Gasteiger partial charge in [0.1, 0.15) is 5.69 Å². The molecule has 4 aromatic rings. The minimum absolute atomic E-state index is 0.0255. The van der Waals surface area contributed by atoms with Crippen LogP contribution in [0.5, 0.6) is 0 Å². The molecule has 0 saturated heterocycles. The van der Waals surface area contributed by atoms with Crippen LogP contribution in [-0.4, -0.2) is 21.1 Å². The maximum atomic E-state index is 12.7. The Morgan fingerprint density at radius 3 is 3.04 bits per heavy atom. The summed E-state index contributed by atoms with van der Waals surface area (Å²) in [5.41, 5.74) is 4.61. The van der Waals surface area contributed by atoms with E-state index in [1.165, 1.54) is 10.9 Å². The van der Waals surface area contributed by atoms with Gasteiger partial charge in [0.25, 0.3) is 5.91 Å². The van der Waals surface area contributed by atoms with Crippen molar-refractivity contribution in [2.75, 3.05) is 0 Å². The van der Waals surface area contributed by atoms with Crippen LogP contribution >= 0.6 is 0 Å². The van der Waals surface area contributed by atoms with Gasteiger partial charge in [-0.1, -0.05) is 18.2 Å². The first kappa shape index (κ1) is 15.0. The molecule has 1 atom stereocenters. The number of nitrogens with one attached hydrogen (secondary N) is 3. The van der Waals surface area contributed by atoms with Crippen molar-refractivity contribution >= 4 is 16.8 Å². The Labute approximate surface area is 149 Å². The normalized spacial score (nSPS) is 16.5. The van der Waals surface area contributed by atoms with Gasteiger partial charge in [0, 0.05) is 22.7 Å². The summed E-state index contributed by atoms with van der Waals surface area (Å²) in [5.74, 6) is 0.475. The van der Waals surface area contributed by atoms with Crippen molar-refractivity contribution in [1.29, 1.82) is 0 Å². The molecule has 0 spiro atoms. The van der Waals surface area contributed by atoms with Crippen molar-refractivity contribution in [1.82, 2.24) is 20.5 Å². The molecule has 1 aliphatic carbocycles. The molecule has 0 unspecified atom stereocenters. The number of benzene rings is 1. The summed E-state index contributed by atoms with van der Waals surface area (Å²) >= 11 is 0. The van der Waals surface area contributed by atoms with Crippen molar-refractivity contribution in [2.24, 2.45) is 0 Å². The summed E-state index contributed by atoms with van der Waals surface area (Å²) in [6.45, 7) is 0. The molecular formula is C20H18N4O2. The number of para-hydroxylation sites is 1. The third-order valence-corrected chi connectivity index (χ3v) is 5.02. The van der Waals surface area contributed by atoms with Gasteiger partial charge in [0.15, 0.2) is 11.5 Å².